The first-order valence-corrected chi connectivity index (χ1v) is 5.79. The first kappa shape index (κ1) is 9.85. The average molecular weight is 216 g/mol. The lowest BCUT2D eigenvalue weighted by Gasteiger charge is -2.19. The summed E-state index contributed by atoms with van der Waals surface area (Å²) in [5.41, 5.74) is 3.16. The summed E-state index contributed by atoms with van der Waals surface area (Å²) >= 11 is 0. The molecular formula is C13H16N2O. The van der Waals surface area contributed by atoms with Crippen molar-refractivity contribution in [3.05, 3.63) is 29.6 Å². The van der Waals surface area contributed by atoms with Gasteiger partial charge in [-0.1, -0.05) is 12.1 Å². The fourth-order valence-corrected chi connectivity index (χ4v) is 2.39. The highest BCUT2D eigenvalue weighted by Crippen LogP contribution is 2.34. The van der Waals surface area contributed by atoms with Gasteiger partial charge in [0, 0.05) is 6.61 Å². The van der Waals surface area contributed by atoms with E-state index in [2.05, 4.69) is 42.0 Å². The Bertz CT molecular complexity index is 524. The molecule has 1 saturated heterocycles. The minimum absolute atomic E-state index is 0.217. The molecule has 0 saturated carbocycles. The highest BCUT2D eigenvalue weighted by Gasteiger charge is 2.34. The lowest BCUT2D eigenvalue weighted by molar-refractivity contribution is 0.0103. The predicted octanol–water partition coefficient (Wildman–Crippen LogP) is 2.90. The molecule has 0 aliphatic carbocycles. The van der Waals surface area contributed by atoms with E-state index in [1.807, 2.05) is 0 Å². The largest absolute Gasteiger partial charge is 0.367 e. The molecule has 84 valence electrons. The minimum Gasteiger partial charge on any atom is -0.367 e. The molecule has 1 aliphatic heterocycles. The highest BCUT2D eigenvalue weighted by molar-refractivity contribution is 5.78. The van der Waals surface area contributed by atoms with Gasteiger partial charge in [-0.25, -0.2) is 4.98 Å². The SMILES string of the molecule is Cc1cccc2[nH]c(C3(C)CCCO3)nc12. The molecule has 1 atom stereocenters. The quantitative estimate of drug-likeness (QED) is 0.796. The molecule has 1 N–H and O–H groups in total. The molecule has 2 heterocycles. The van der Waals surface area contributed by atoms with Gasteiger partial charge in [-0.05, 0) is 38.3 Å². The highest BCUT2D eigenvalue weighted by atomic mass is 16.5. The third-order valence-electron chi connectivity index (χ3n) is 3.43. The molecule has 1 fully saturated rings. The van der Waals surface area contributed by atoms with Gasteiger partial charge in [0.2, 0.25) is 0 Å². The fourth-order valence-electron chi connectivity index (χ4n) is 2.39. The van der Waals surface area contributed by atoms with Gasteiger partial charge in [-0.2, -0.15) is 0 Å². The van der Waals surface area contributed by atoms with Crippen molar-refractivity contribution in [1.29, 1.82) is 0 Å². The number of aromatic amines is 1. The maximum absolute atomic E-state index is 5.80. The van der Waals surface area contributed by atoms with Crippen LogP contribution in [0.2, 0.25) is 0 Å². The van der Waals surface area contributed by atoms with Crippen molar-refractivity contribution < 1.29 is 4.74 Å². The van der Waals surface area contributed by atoms with Crippen molar-refractivity contribution in [3.63, 3.8) is 0 Å². The number of nitrogens with one attached hydrogen (secondary N) is 1. The van der Waals surface area contributed by atoms with Gasteiger partial charge in [0.25, 0.3) is 0 Å². The Morgan fingerprint density at radius 1 is 1.44 bits per heavy atom. The van der Waals surface area contributed by atoms with Crippen molar-refractivity contribution in [2.75, 3.05) is 6.61 Å². The summed E-state index contributed by atoms with van der Waals surface area (Å²) in [5.74, 6) is 0.967. The first-order chi connectivity index (χ1) is 7.69. The summed E-state index contributed by atoms with van der Waals surface area (Å²) in [5, 5.41) is 0. The molecule has 0 spiro atoms. The number of ether oxygens (including phenoxy) is 1. The van der Waals surface area contributed by atoms with Gasteiger partial charge >= 0.3 is 0 Å². The van der Waals surface area contributed by atoms with Crippen LogP contribution in [0.5, 0.6) is 0 Å². The molecule has 3 nitrogen and oxygen atoms in total. The fraction of sp³-hybridized carbons (Fsp3) is 0.462. The molecule has 1 unspecified atom stereocenters. The molecule has 3 rings (SSSR count). The molecule has 3 heteroatoms. The number of para-hydroxylation sites is 1. The zero-order valence-electron chi connectivity index (χ0n) is 9.71. The topological polar surface area (TPSA) is 37.9 Å². The number of aryl methyl sites for hydroxylation is 1. The normalized spacial score (nSPS) is 25.4. The van der Waals surface area contributed by atoms with Crippen molar-refractivity contribution in [2.45, 2.75) is 32.3 Å². The van der Waals surface area contributed by atoms with E-state index in [1.54, 1.807) is 0 Å². The third-order valence-corrected chi connectivity index (χ3v) is 3.43. The monoisotopic (exact) mass is 216 g/mol. The van der Waals surface area contributed by atoms with Crippen molar-refractivity contribution in [2.24, 2.45) is 0 Å². The van der Waals surface area contributed by atoms with Gasteiger partial charge < -0.3 is 9.72 Å². The van der Waals surface area contributed by atoms with Crippen LogP contribution < -0.4 is 0 Å². The second-order valence-corrected chi connectivity index (χ2v) is 4.74. The molecule has 1 aliphatic rings. The molecule has 1 aromatic carbocycles. The Balaban J connectivity index is 2.15. The molecule has 1 aromatic heterocycles. The van der Waals surface area contributed by atoms with Gasteiger partial charge in [0.15, 0.2) is 0 Å². The number of rotatable bonds is 1. The Kier molecular flexibility index (Phi) is 2.04. The van der Waals surface area contributed by atoms with E-state index in [-0.39, 0.29) is 5.60 Å². The van der Waals surface area contributed by atoms with E-state index in [1.165, 1.54) is 5.56 Å². The summed E-state index contributed by atoms with van der Waals surface area (Å²) in [6, 6.07) is 6.21. The summed E-state index contributed by atoms with van der Waals surface area (Å²) in [6.07, 6.45) is 2.17. The number of nitrogens with zero attached hydrogens (tertiary/aromatic N) is 1. The van der Waals surface area contributed by atoms with Crippen molar-refractivity contribution in [1.82, 2.24) is 9.97 Å². The van der Waals surface area contributed by atoms with E-state index in [0.29, 0.717) is 0 Å². The van der Waals surface area contributed by atoms with E-state index < -0.39 is 0 Å². The maximum atomic E-state index is 5.80. The van der Waals surface area contributed by atoms with Crippen LogP contribution in [-0.2, 0) is 10.3 Å². The van der Waals surface area contributed by atoms with E-state index in [4.69, 9.17) is 4.74 Å². The van der Waals surface area contributed by atoms with Gasteiger partial charge in [-0.3, -0.25) is 0 Å². The smallest absolute Gasteiger partial charge is 0.139 e. The van der Waals surface area contributed by atoms with Crippen LogP contribution in [-0.4, -0.2) is 16.6 Å². The predicted molar refractivity (Wildman–Crippen MR) is 63.4 cm³/mol. The maximum Gasteiger partial charge on any atom is 0.139 e. The number of imidazole rings is 1. The summed E-state index contributed by atoms with van der Waals surface area (Å²) in [4.78, 5) is 8.07. The molecule has 0 bridgehead atoms. The zero-order chi connectivity index (χ0) is 11.2. The van der Waals surface area contributed by atoms with E-state index >= 15 is 0 Å². The zero-order valence-corrected chi connectivity index (χ0v) is 9.71. The molecule has 0 amide bonds. The number of hydrogen-bond donors (Lipinski definition) is 1. The average Bonchev–Trinajstić information content (AvgIpc) is 2.85. The standard InChI is InChI=1S/C13H16N2O/c1-9-5-3-6-10-11(9)15-12(14-10)13(2)7-4-8-16-13/h3,5-6H,4,7-8H2,1-2H3,(H,14,15). The van der Waals surface area contributed by atoms with E-state index in [0.717, 1.165) is 36.3 Å². The second kappa shape index (κ2) is 3.32. The minimum atomic E-state index is -0.217. The van der Waals surface area contributed by atoms with Crippen LogP contribution >= 0.6 is 0 Å². The van der Waals surface area contributed by atoms with Crippen LogP contribution in [0.1, 0.15) is 31.2 Å². The van der Waals surface area contributed by atoms with Crippen LogP contribution in [0.25, 0.3) is 11.0 Å². The number of fused-ring (bicyclic) bond motifs is 1. The number of benzene rings is 1. The molecular weight excluding hydrogens is 200 g/mol. The number of H-pyrrole nitrogens is 1. The molecule has 2 aromatic rings. The van der Waals surface area contributed by atoms with Crippen LogP contribution in [0, 0.1) is 6.92 Å². The molecule has 16 heavy (non-hydrogen) atoms. The Labute approximate surface area is 94.8 Å². The number of hydrogen-bond acceptors (Lipinski definition) is 2. The third kappa shape index (κ3) is 1.35. The summed E-state index contributed by atoms with van der Waals surface area (Å²) in [7, 11) is 0. The van der Waals surface area contributed by atoms with Gasteiger partial charge in [0.05, 0.1) is 11.0 Å². The Morgan fingerprint density at radius 2 is 2.31 bits per heavy atom. The summed E-state index contributed by atoms with van der Waals surface area (Å²) in [6.45, 7) is 5.05. The van der Waals surface area contributed by atoms with Crippen molar-refractivity contribution >= 4 is 11.0 Å². The number of aromatic nitrogens is 2. The molecule has 0 radical (unpaired) electrons. The Hall–Kier alpha value is -1.35. The Morgan fingerprint density at radius 3 is 3.00 bits per heavy atom. The van der Waals surface area contributed by atoms with Crippen LogP contribution in [0.15, 0.2) is 18.2 Å². The van der Waals surface area contributed by atoms with Gasteiger partial charge in [-0.15, -0.1) is 0 Å². The van der Waals surface area contributed by atoms with Crippen molar-refractivity contribution in [3.8, 4) is 0 Å². The van der Waals surface area contributed by atoms with E-state index in [9.17, 15) is 0 Å². The van der Waals surface area contributed by atoms with Crippen LogP contribution in [0.4, 0.5) is 0 Å². The van der Waals surface area contributed by atoms with Gasteiger partial charge in [0.1, 0.15) is 11.4 Å². The lowest BCUT2D eigenvalue weighted by Crippen LogP contribution is -2.21. The summed E-state index contributed by atoms with van der Waals surface area (Å²) < 4.78 is 5.80. The van der Waals surface area contributed by atoms with Crippen LogP contribution in [0.3, 0.4) is 0 Å². The first-order valence-electron chi connectivity index (χ1n) is 5.79. The lowest BCUT2D eigenvalue weighted by atomic mass is 10.0. The second-order valence-electron chi connectivity index (χ2n) is 4.74.